The summed E-state index contributed by atoms with van der Waals surface area (Å²) < 4.78 is 0. The van der Waals surface area contributed by atoms with Gasteiger partial charge >= 0.3 is 0 Å². The third kappa shape index (κ3) is 4.42. The van der Waals surface area contributed by atoms with Crippen LogP contribution in [0.1, 0.15) is 42.5 Å². The highest BCUT2D eigenvalue weighted by Gasteiger charge is 2.41. The van der Waals surface area contributed by atoms with Crippen LogP contribution >= 0.6 is 0 Å². The molecule has 1 amide bonds. The Bertz CT molecular complexity index is 926. The van der Waals surface area contributed by atoms with Gasteiger partial charge in [-0.1, -0.05) is 91.0 Å². The van der Waals surface area contributed by atoms with Gasteiger partial charge in [0.25, 0.3) is 0 Å². The number of benzene rings is 3. The van der Waals surface area contributed by atoms with Crippen molar-refractivity contribution >= 4 is 5.91 Å². The summed E-state index contributed by atoms with van der Waals surface area (Å²) in [5.74, 6) is 0.123. The number of carbonyl (C=O) groups excluding carboxylic acids is 1. The van der Waals surface area contributed by atoms with Crippen LogP contribution in [0.5, 0.6) is 0 Å². The zero-order chi connectivity index (χ0) is 21.7. The number of hydrogen-bond donors (Lipinski definition) is 0. The van der Waals surface area contributed by atoms with Crippen molar-refractivity contribution in [2.24, 2.45) is 0 Å². The molecular weight excluding hydrogens is 380 g/mol. The average molecular weight is 413 g/mol. The smallest absolute Gasteiger partial charge is 0.237 e. The van der Waals surface area contributed by atoms with Crippen LogP contribution in [-0.2, 0) is 10.2 Å². The van der Waals surface area contributed by atoms with Gasteiger partial charge in [0.15, 0.2) is 0 Å². The molecule has 1 atom stereocenters. The van der Waals surface area contributed by atoms with E-state index < -0.39 is 5.41 Å². The van der Waals surface area contributed by atoms with Crippen molar-refractivity contribution in [1.82, 2.24) is 9.80 Å². The fourth-order valence-corrected chi connectivity index (χ4v) is 4.79. The second-order valence-electron chi connectivity index (χ2n) is 8.71. The van der Waals surface area contributed by atoms with E-state index in [0.717, 1.165) is 30.8 Å². The molecule has 4 rings (SSSR count). The molecule has 1 heterocycles. The molecule has 160 valence electrons. The Morgan fingerprint density at radius 2 is 1.29 bits per heavy atom. The highest BCUT2D eigenvalue weighted by molar-refractivity contribution is 5.91. The maximum Gasteiger partial charge on any atom is 0.237 e. The van der Waals surface area contributed by atoms with Gasteiger partial charge in [0.2, 0.25) is 5.91 Å². The molecular formula is C28H32N2O. The molecule has 0 bridgehead atoms. The molecule has 1 saturated heterocycles. The molecule has 0 unspecified atom stereocenters. The first-order chi connectivity index (χ1) is 15.1. The number of likely N-dealkylation sites (tertiary alicyclic amines) is 1. The van der Waals surface area contributed by atoms with Crippen LogP contribution in [0.3, 0.4) is 0 Å². The molecule has 3 aromatic carbocycles. The van der Waals surface area contributed by atoms with Crippen LogP contribution in [-0.4, -0.2) is 42.4 Å². The number of rotatable bonds is 7. The SMILES string of the molecule is CN(C(=O)C(C)(c1ccccc1)c1ccccc1)[C@H](CN1CCCC1)c1ccccc1. The van der Waals surface area contributed by atoms with Gasteiger partial charge in [0.1, 0.15) is 0 Å². The van der Waals surface area contributed by atoms with Crippen molar-refractivity contribution in [1.29, 1.82) is 0 Å². The predicted octanol–water partition coefficient (Wildman–Crippen LogP) is 5.29. The van der Waals surface area contributed by atoms with Crippen molar-refractivity contribution in [3.63, 3.8) is 0 Å². The molecule has 31 heavy (non-hydrogen) atoms. The predicted molar refractivity (Wildman–Crippen MR) is 127 cm³/mol. The number of likely N-dealkylation sites (N-methyl/N-ethyl adjacent to an activating group) is 1. The molecule has 0 aliphatic carbocycles. The molecule has 3 heteroatoms. The van der Waals surface area contributed by atoms with E-state index in [1.54, 1.807) is 0 Å². The normalized spacial score (nSPS) is 15.5. The summed E-state index contributed by atoms with van der Waals surface area (Å²) in [7, 11) is 1.97. The highest BCUT2D eigenvalue weighted by atomic mass is 16.2. The zero-order valence-electron chi connectivity index (χ0n) is 18.6. The minimum absolute atomic E-state index is 0.0125. The molecule has 0 N–H and O–H groups in total. The van der Waals surface area contributed by atoms with E-state index in [1.165, 1.54) is 18.4 Å². The molecule has 0 spiro atoms. The fraction of sp³-hybridized carbons (Fsp3) is 0.321. The highest BCUT2D eigenvalue weighted by Crippen LogP contribution is 2.36. The van der Waals surface area contributed by atoms with Crippen LogP contribution in [0.25, 0.3) is 0 Å². The summed E-state index contributed by atoms with van der Waals surface area (Å²) in [6.07, 6.45) is 2.48. The third-order valence-electron chi connectivity index (χ3n) is 6.73. The second-order valence-corrected chi connectivity index (χ2v) is 8.71. The lowest BCUT2D eigenvalue weighted by molar-refractivity contribution is -0.136. The van der Waals surface area contributed by atoms with E-state index in [4.69, 9.17) is 0 Å². The van der Waals surface area contributed by atoms with Crippen LogP contribution < -0.4 is 0 Å². The van der Waals surface area contributed by atoms with E-state index in [-0.39, 0.29) is 11.9 Å². The van der Waals surface area contributed by atoms with Crippen LogP contribution in [0.4, 0.5) is 0 Å². The Labute approximate surface area is 186 Å². The number of hydrogen-bond acceptors (Lipinski definition) is 2. The van der Waals surface area contributed by atoms with Crippen molar-refractivity contribution in [3.8, 4) is 0 Å². The summed E-state index contributed by atoms with van der Waals surface area (Å²) in [4.78, 5) is 18.7. The van der Waals surface area contributed by atoms with Gasteiger partial charge in [0.05, 0.1) is 11.5 Å². The van der Waals surface area contributed by atoms with Crippen molar-refractivity contribution in [3.05, 3.63) is 108 Å². The molecule has 0 saturated carbocycles. The number of carbonyl (C=O) groups is 1. The van der Waals surface area contributed by atoms with E-state index in [1.807, 2.05) is 54.4 Å². The first-order valence-corrected chi connectivity index (χ1v) is 11.3. The topological polar surface area (TPSA) is 23.6 Å². The molecule has 3 nitrogen and oxygen atoms in total. The summed E-state index contributed by atoms with van der Waals surface area (Å²) in [5.41, 5.74) is 2.47. The largest absolute Gasteiger partial charge is 0.336 e. The molecule has 1 aliphatic heterocycles. The first-order valence-electron chi connectivity index (χ1n) is 11.3. The van der Waals surface area contributed by atoms with Gasteiger partial charge in [-0.2, -0.15) is 0 Å². The monoisotopic (exact) mass is 412 g/mol. The van der Waals surface area contributed by atoms with Crippen LogP contribution in [0.15, 0.2) is 91.0 Å². The molecule has 0 radical (unpaired) electrons. The van der Waals surface area contributed by atoms with Crippen LogP contribution in [0, 0.1) is 0 Å². The van der Waals surface area contributed by atoms with Crippen LogP contribution in [0.2, 0.25) is 0 Å². The standard InChI is InChI=1S/C28H32N2O/c1-28(24-16-8-4-9-17-24,25-18-10-5-11-19-25)27(31)29(2)26(22-30-20-12-13-21-30)23-14-6-3-7-15-23/h3-11,14-19,26H,12-13,20-22H2,1-2H3/t26-/m1/s1. The van der Waals surface area contributed by atoms with E-state index in [9.17, 15) is 4.79 Å². The van der Waals surface area contributed by atoms with E-state index in [0.29, 0.717) is 0 Å². The van der Waals surface area contributed by atoms with E-state index >= 15 is 0 Å². The van der Waals surface area contributed by atoms with Gasteiger partial charge in [-0.3, -0.25) is 4.79 Å². The number of nitrogens with zero attached hydrogens (tertiary/aromatic N) is 2. The lowest BCUT2D eigenvalue weighted by Crippen LogP contribution is -2.47. The Balaban J connectivity index is 1.73. The summed E-state index contributed by atoms with van der Waals surface area (Å²) >= 11 is 0. The number of amides is 1. The zero-order valence-corrected chi connectivity index (χ0v) is 18.6. The Morgan fingerprint density at radius 1 is 0.839 bits per heavy atom. The van der Waals surface area contributed by atoms with Crippen molar-refractivity contribution in [2.45, 2.75) is 31.2 Å². The van der Waals surface area contributed by atoms with Gasteiger partial charge in [0, 0.05) is 13.6 Å². The molecule has 1 aliphatic rings. The first kappa shape index (κ1) is 21.3. The minimum atomic E-state index is -0.755. The van der Waals surface area contributed by atoms with E-state index in [2.05, 4.69) is 60.4 Å². The van der Waals surface area contributed by atoms with Gasteiger partial charge in [-0.05, 0) is 49.5 Å². The molecule has 0 aromatic heterocycles. The fourth-order valence-electron chi connectivity index (χ4n) is 4.79. The lowest BCUT2D eigenvalue weighted by atomic mass is 9.74. The van der Waals surface area contributed by atoms with Gasteiger partial charge in [-0.25, -0.2) is 0 Å². The average Bonchev–Trinajstić information content (AvgIpc) is 3.36. The summed E-state index contributed by atoms with van der Waals surface area (Å²) in [5, 5.41) is 0. The Morgan fingerprint density at radius 3 is 1.77 bits per heavy atom. The maximum absolute atomic E-state index is 14.3. The Hall–Kier alpha value is -2.91. The molecule has 1 fully saturated rings. The summed E-state index contributed by atoms with van der Waals surface area (Å²) in [6.45, 7) is 5.15. The van der Waals surface area contributed by atoms with Crippen molar-refractivity contribution in [2.75, 3.05) is 26.7 Å². The second kappa shape index (κ2) is 9.49. The third-order valence-corrected chi connectivity index (χ3v) is 6.73. The Kier molecular flexibility index (Phi) is 6.53. The quantitative estimate of drug-likeness (QED) is 0.527. The minimum Gasteiger partial charge on any atom is -0.336 e. The van der Waals surface area contributed by atoms with Gasteiger partial charge in [-0.15, -0.1) is 0 Å². The van der Waals surface area contributed by atoms with Gasteiger partial charge < -0.3 is 9.80 Å². The summed E-state index contributed by atoms with van der Waals surface area (Å²) in [6, 6.07) is 30.8. The molecule has 3 aromatic rings. The maximum atomic E-state index is 14.3. The lowest BCUT2D eigenvalue weighted by Gasteiger charge is -2.39. The van der Waals surface area contributed by atoms with Crippen molar-refractivity contribution < 1.29 is 4.79 Å².